The van der Waals surface area contributed by atoms with Crippen LogP contribution in [0.25, 0.3) is 0 Å². The minimum Gasteiger partial charge on any atom is -0.371 e. The van der Waals surface area contributed by atoms with Gasteiger partial charge in [0.05, 0.1) is 11.4 Å². The molecule has 1 atom stereocenters. The van der Waals surface area contributed by atoms with Crippen molar-refractivity contribution in [2.75, 3.05) is 29.9 Å². The molecule has 1 unspecified atom stereocenters. The summed E-state index contributed by atoms with van der Waals surface area (Å²) in [6.45, 7) is 1.40. The molecule has 1 heterocycles. The molecule has 1 aromatic carbocycles. The van der Waals surface area contributed by atoms with Gasteiger partial charge in [0.25, 0.3) is 0 Å². The Morgan fingerprint density at radius 3 is 2.61 bits per heavy atom. The van der Waals surface area contributed by atoms with Crippen molar-refractivity contribution < 1.29 is 4.79 Å². The average Bonchev–Trinajstić information content (AvgIpc) is 3.18. The van der Waals surface area contributed by atoms with Crippen LogP contribution in [0, 0.1) is 5.92 Å². The predicted molar refractivity (Wildman–Crippen MR) is 72.8 cm³/mol. The summed E-state index contributed by atoms with van der Waals surface area (Å²) in [4.78, 5) is 16.4. The highest BCUT2D eigenvalue weighted by Gasteiger charge is 2.34. The summed E-state index contributed by atoms with van der Waals surface area (Å²) in [5.41, 5.74) is 8.10. The molecule has 0 bridgehead atoms. The summed E-state index contributed by atoms with van der Waals surface area (Å²) >= 11 is 0. The number of carbonyl (C=O) groups is 1. The molecule has 18 heavy (non-hydrogen) atoms. The van der Waals surface area contributed by atoms with Crippen molar-refractivity contribution in [2.45, 2.75) is 18.9 Å². The predicted octanol–water partition coefficient (Wildman–Crippen LogP) is 1.21. The number of rotatable bonds is 2. The highest BCUT2D eigenvalue weighted by atomic mass is 16.2. The molecule has 1 aliphatic carbocycles. The Bertz CT molecular complexity index is 470. The smallest absolute Gasteiger partial charge is 0.245 e. The van der Waals surface area contributed by atoms with Crippen LogP contribution in [-0.4, -0.2) is 32.1 Å². The number of anilines is 2. The van der Waals surface area contributed by atoms with E-state index in [1.54, 1.807) is 0 Å². The lowest BCUT2D eigenvalue weighted by Crippen LogP contribution is -2.47. The molecular weight excluding hydrogens is 226 g/mol. The number of hydrogen-bond donors (Lipinski definition) is 1. The zero-order chi connectivity index (χ0) is 12.7. The number of nitrogens with zero attached hydrogens (tertiary/aromatic N) is 2. The van der Waals surface area contributed by atoms with Crippen LogP contribution in [0.3, 0.4) is 0 Å². The van der Waals surface area contributed by atoms with Crippen LogP contribution in [0.15, 0.2) is 24.3 Å². The molecule has 1 saturated carbocycles. The van der Waals surface area contributed by atoms with Gasteiger partial charge in [0.2, 0.25) is 5.91 Å². The van der Waals surface area contributed by atoms with E-state index in [2.05, 4.69) is 11.0 Å². The van der Waals surface area contributed by atoms with E-state index in [9.17, 15) is 4.79 Å². The number of fused-ring (bicyclic) bond motifs is 1. The Hall–Kier alpha value is -1.55. The highest BCUT2D eigenvalue weighted by Crippen LogP contribution is 2.36. The van der Waals surface area contributed by atoms with Crippen LogP contribution >= 0.6 is 0 Å². The molecule has 1 amide bonds. The first-order valence-electron chi connectivity index (χ1n) is 6.54. The number of likely N-dealkylation sites (N-methyl/N-ethyl adjacent to an activating group) is 1. The molecule has 0 aromatic heterocycles. The van der Waals surface area contributed by atoms with E-state index in [1.807, 2.05) is 30.1 Å². The lowest BCUT2D eigenvalue weighted by atomic mass is 10.2. The normalized spacial score (nSPS) is 23.9. The summed E-state index contributed by atoms with van der Waals surface area (Å²) < 4.78 is 0. The van der Waals surface area contributed by atoms with E-state index in [0.717, 1.165) is 17.9 Å². The number of para-hydroxylation sites is 2. The maximum Gasteiger partial charge on any atom is 0.245 e. The molecule has 1 fully saturated rings. The van der Waals surface area contributed by atoms with Crippen LogP contribution in [0.1, 0.15) is 12.8 Å². The second-order valence-corrected chi connectivity index (χ2v) is 5.37. The van der Waals surface area contributed by atoms with Crippen molar-refractivity contribution in [1.29, 1.82) is 0 Å². The first kappa shape index (κ1) is 11.5. The minimum atomic E-state index is -0.429. The van der Waals surface area contributed by atoms with E-state index < -0.39 is 6.04 Å². The molecule has 0 saturated heterocycles. The second kappa shape index (κ2) is 4.28. The number of nitrogens with two attached hydrogens (primary N) is 1. The fourth-order valence-corrected chi connectivity index (χ4v) is 2.55. The van der Waals surface area contributed by atoms with Crippen molar-refractivity contribution in [2.24, 2.45) is 11.7 Å². The minimum absolute atomic E-state index is 0.0544. The maximum absolute atomic E-state index is 12.4. The van der Waals surface area contributed by atoms with Gasteiger partial charge < -0.3 is 15.5 Å². The molecule has 1 aliphatic heterocycles. The number of benzene rings is 1. The molecule has 96 valence electrons. The van der Waals surface area contributed by atoms with Crippen LogP contribution in [0.4, 0.5) is 11.4 Å². The van der Waals surface area contributed by atoms with E-state index in [0.29, 0.717) is 12.5 Å². The number of hydrogen-bond acceptors (Lipinski definition) is 3. The third-order valence-electron chi connectivity index (χ3n) is 3.78. The fraction of sp³-hybridized carbons (Fsp3) is 0.500. The first-order chi connectivity index (χ1) is 8.66. The van der Waals surface area contributed by atoms with E-state index in [1.165, 1.54) is 12.8 Å². The largest absolute Gasteiger partial charge is 0.371 e. The number of amides is 1. The van der Waals surface area contributed by atoms with E-state index in [-0.39, 0.29) is 5.91 Å². The van der Waals surface area contributed by atoms with Gasteiger partial charge in [-0.05, 0) is 30.9 Å². The van der Waals surface area contributed by atoms with Gasteiger partial charge in [-0.25, -0.2) is 0 Å². The van der Waals surface area contributed by atoms with Crippen LogP contribution in [0.5, 0.6) is 0 Å². The Labute approximate surface area is 107 Å². The Balaban J connectivity index is 2.01. The standard InChI is InChI=1S/C14H19N3O/c1-16-9-11(15)14(18)17(8-10-6-7-10)13-5-3-2-4-12(13)16/h2-5,10-11H,6-9,15H2,1H3. The van der Waals surface area contributed by atoms with Crippen molar-refractivity contribution in [3.63, 3.8) is 0 Å². The molecule has 4 nitrogen and oxygen atoms in total. The molecule has 2 aliphatic rings. The van der Waals surface area contributed by atoms with Crippen LogP contribution in [-0.2, 0) is 4.79 Å². The highest BCUT2D eigenvalue weighted by molar-refractivity contribution is 6.01. The first-order valence-corrected chi connectivity index (χ1v) is 6.54. The topological polar surface area (TPSA) is 49.6 Å². The Morgan fingerprint density at radius 1 is 1.28 bits per heavy atom. The van der Waals surface area contributed by atoms with Gasteiger partial charge in [-0.1, -0.05) is 12.1 Å². The molecule has 2 N–H and O–H groups in total. The van der Waals surface area contributed by atoms with E-state index in [4.69, 9.17) is 5.73 Å². The molecule has 1 aromatic rings. The van der Waals surface area contributed by atoms with Gasteiger partial charge in [-0.3, -0.25) is 4.79 Å². The Kier molecular flexibility index (Phi) is 2.74. The second-order valence-electron chi connectivity index (χ2n) is 5.37. The third kappa shape index (κ3) is 1.97. The van der Waals surface area contributed by atoms with Gasteiger partial charge >= 0.3 is 0 Å². The summed E-state index contributed by atoms with van der Waals surface area (Å²) in [6.07, 6.45) is 2.47. The molecule has 4 heteroatoms. The zero-order valence-corrected chi connectivity index (χ0v) is 10.7. The van der Waals surface area contributed by atoms with Crippen LogP contribution < -0.4 is 15.5 Å². The summed E-state index contributed by atoms with van der Waals surface area (Å²) in [5.74, 6) is 0.719. The lowest BCUT2D eigenvalue weighted by Gasteiger charge is -2.24. The quantitative estimate of drug-likeness (QED) is 0.852. The summed E-state index contributed by atoms with van der Waals surface area (Å²) in [6, 6.07) is 7.63. The van der Waals surface area contributed by atoms with Crippen molar-refractivity contribution in [3.05, 3.63) is 24.3 Å². The molecule has 3 rings (SSSR count). The molecule has 0 spiro atoms. The maximum atomic E-state index is 12.4. The SMILES string of the molecule is CN1CC(N)C(=O)N(CC2CC2)c2ccccc21. The Morgan fingerprint density at radius 2 is 1.94 bits per heavy atom. The summed E-state index contributed by atoms with van der Waals surface area (Å²) in [5, 5.41) is 0. The van der Waals surface area contributed by atoms with Gasteiger partial charge in [-0.15, -0.1) is 0 Å². The monoisotopic (exact) mass is 245 g/mol. The van der Waals surface area contributed by atoms with Crippen molar-refractivity contribution in [3.8, 4) is 0 Å². The molecular formula is C14H19N3O. The van der Waals surface area contributed by atoms with Gasteiger partial charge in [0.1, 0.15) is 6.04 Å². The number of carbonyl (C=O) groups excluding carboxylic acids is 1. The fourth-order valence-electron chi connectivity index (χ4n) is 2.55. The van der Waals surface area contributed by atoms with Crippen molar-refractivity contribution in [1.82, 2.24) is 0 Å². The van der Waals surface area contributed by atoms with Gasteiger partial charge in [0.15, 0.2) is 0 Å². The lowest BCUT2D eigenvalue weighted by molar-refractivity contribution is -0.119. The van der Waals surface area contributed by atoms with Crippen LogP contribution in [0.2, 0.25) is 0 Å². The van der Waals surface area contributed by atoms with Crippen molar-refractivity contribution >= 4 is 17.3 Å². The third-order valence-corrected chi connectivity index (χ3v) is 3.78. The summed E-state index contributed by atoms with van der Waals surface area (Å²) in [7, 11) is 1.99. The zero-order valence-electron chi connectivity index (χ0n) is 10.7. The average molecular weight is 245 g/mol. The van der Waals surface area contributed by atoms with Gasteiger partial charge in [0, 0.05) is 20.1 Å². The van der Waals surface area contributed by atoms with Gasteiger partial charge in [-0.2, -0.15) is 0 Å². The van der Waals surface area contributed by atoms with E-state index >= 15 is 0 Å². The molecule has 0 radical (unpaired) electrons.